The van der Waals surface area contributed by atoms with Gasteiger partial charge in [0.05, 0.1) is 5.69 Å². The maximum Gasteiger partial charge on any atom is 0.339 e. The summed E-state index contributed by atoms with van der Waals surface area (Å²) in [6.07, 6.45) is 2.49. The van der Waals surface area contributed by atoms with Crippen molar-refractivity contribution >= 4 is 5.97 Å². The van der Waals surface area contributed by atoms with Gasteiger partial charge >= 0.3 is 5.97 Å². The molecule has 4 nitrogen and oxygen atoms in total. The normalized spacial score (nSPS) is 10.2. The molecule has 0 saturated carbocycles. The van der Waals surface area contributed by atoms with Gasteiger partial charge in [-0.3, -0.25) is 0 Å². The first-order chi connectivity index (χ1) is 8.09. The number of halogens is 1. The van der Waals surface area contributed by atoms with Gasteiger partial charge in [0.15, 0.2) is 0 Å². The van der Waals surface area contributed by atoms with Crippen molar-refractivity contribution in [2.24, 2.45) is 0 Å². The molecule has 0 radical (unpaired) electrons. The molecule has 0 aliphatic carbocycles. The summed E-state index contributed by atoms with van der Waals surface area (Å²) in [4.78, 5) is 18.6. The van der Waals surface area contributed by atoms with Crippen LogP contribution in [0.1, 0.15) is 15.9 Å². The van der Waals surface area contributed by atoms with Crippen LogP contribution < -0.4 is 0 Å². The summed E-state index contributed by atoms with van der Waals surface area (Å²) in [5, 5.41) is 9.00. The highest BCUT2D eigenvalue weighted by molar-refractivity contribution is 5.94. The number of carboxylic acids is 1. The molecule has 1 N–H and O–H groups in total. The van der Waals surface area contributed by atoms with E-state index in [0.29, 0.717) is 11.1 Å². The first-order valence-electron chi connectivity index (χ1n) is 4.89. The van der Waals surface area contributed by atoms with E-state index in [-0.39, 0.29) is 17.1 Å². The van der Waals surface area contributed by atoms with Crippen molar-refractivity contribution in [3.05, 3.63) is 47.7 Å². The molecule has 86 valence electrons. The van der Waals surface area contributed by atoms with Crippen molar-refractivity contribution in [3.63, 3.8) is 0 Å². The molecule has 0 amide bonds. The molecular weight excluding hydrogens is 223 g/mol. The van der Waals surface area contributed by atoms with Gasteiger partial charge in [0.25, 0.3) is 0 Å². The molecule has 0 atom stereocenters. The Morgan fingerprint density at radius 1 is 1.41 bits per heavy atom. The first-order valence-corrected chi connectivity index (χ1v) is 4.89. The Bertz CT molecular complexity index is 584. The van der Waals surface area contributed by atoms with Gasteiger partial charge in [-0.1, -0.05) is 0 Å². The molecule has 0 aliphatic rings. The average molecular weight is 232 g/mol. The standard InChI is InChI=1S/C12H9FN2O2/c1-7-4-8(2-3-10(7)13)11-9(12(16)17)5-14-6-15-11/h2-6H,1H3,(H,16,17). The highest BCUT2D eigenvalue weighted by atomic mass is 19.1. The molecule has 2 rings (SSSR count). The van der Waals surface area contributed by atoms with Crippen LogP contribution in [0.25, 0.3) is 11.3 Å². The van der Waals surface area contributed by atoms with Gasteiger partial charge in [0.1, 0.15) is 17.7 Å². The summed E-state index contributed by atoms with van der Waals surface area (Å²) in [6.45, 7) is 1.61. The Morgan fingerprint density at radius 3 is 2.82 bits per heavy atom. The maximum atomic E-state index is 13.1. The van der Waals surface area contributed by atoms with Crippen LogP contribution in [0, 0.1) is 12.7 Å². The van der Waals surface area contributed by atoms with Gasteiger partial charge < -0.3 is 5.11 Å². The molecule has 0 unspecified atom stereocenters. The van der Waals surface area contributed by atoms with Gasteiger partial charge in [-0.25, -0.2) is 19.2 Å². The third-order valence-electron chi connectivity index (χ3n) is 2.37. The predicted molar refractivity (Wildman–Crippen MR) is 59.1 cm³/mol. The molecule has 2 aromatic rings. The quantitative estimate of drug-likeness (QED) is 0.862. The monoisotopic (exact) mass is 232 g/mol. The van der Waals surface area contributed by atoms with E-state index in [0.717, 1.165) is 0 Å². The number of carboxylic acid groups (broad SMARTS) is 1. The van der Waals surface area contributed by atoms with Gasteiger partial charge in [-0.15, -0.1) is 0 Å². The van der Waals surface area contributed by atoms with E-state index < -0.39 is 5.97 Å². The van der Waals surface area contributed by atoms with Crippen LogP contribution >= 0.6 is 0 Å². The van der Waals surface area contributed by atoms with Crippen LogP contribution in [0.2, 0.25) is 0 Å². The van der Waals surface area contributed by atoms with E-state index >= 15 is 0 Å². The fourth-order valence-electron chi connectivity index (χ4n) is 1.51. The van der Waals surface area contributed by atoms with Crippen LogP contribution in [-0.2, 0) is 0 Å². The van der Waals surface area contributed by atoms with Crippen molar-refractivity contribution in [2.75, 3.05) is 0 Å². The molecule has 0 aliphatic heterocycles. The summed E-state index contributed by atoms with van der Waals surface area (Å²) in [5.41, 5.74) is 1.29. The zero-order valence-corrected chi connectivity index (χ0v) is 9.01. The minimum atomic E-state index is -1.11. The second kappa shape index (κ2) is 4.29. The van der Waals surface area contributed by atoms with E-state index in [1.54, 1.807) is 13.0 Å². The maximum absolute atomic E-state index is 13.1. The summed E-state index contributed by atoms with van der Waals surface area (Å²) >= 11 is 0. The lowest BCUT2D eigenvalue weighted by atomic mass is 10.0. The van der Waals surface area contributed by atoms with Gasteiger partial charge in [-0.05, 0) is 30.7 Å². The van der Waals surface area contributed by atoms with Crippen LogP contribution in [0.4, 0.5) is 4.39 Å². The molecule has 0 saturated heterocycles. The third kappa shape index (κ3) is 2.13. The fourth-order valence-corrected chi connectivity index (χ4v) is 1.51. The Hall–Kier alpha value is -2.30. The Balaban J connectivity index is 2.60. The zero-order chi connectivity index (χ0) is 12.4. The summed E-state index contributed by atoms with van der Waals surface area (Å²) in [7, 11) is 0. The molecule has 0 fully saturated rings. The van der Waals surface area contributed by atoms with Crippen molar-refractivity contribution in [1.29, 1.82) is 0 Å². The summed E-state index contributed by atoms with van der Waals surface area (Å²) in [5.74, 6) is -1.44. The zero-order valence-electron chi connectivity index (χ0n) is 9.01. The van der Waals surface area contributed by atoms with Crippen molar-refractivity contribution < 1.29 is 14.3 Å². The largest absolute Gasteiger partial charge is 0.478 e. The number of aromatic carboxylic acids is 1. The van der Waals surface area contributed by atoms with Crippen LogP contribution in [0.5, 0.6) is 0 Å². The van der Waals surface area contributed by atoms with Gasteiger partial charge in [-0.2, -0.15) is 0 Å². The lowest BCUT2D eigenvalue weighted by Gasteiger charge is -2.05. The average Bonchev–Trinajstić information content (AvgIpc) is 2.32. The van der Waals surface area contributed by atoms with E-state index in [4.69, 9.17) is 5.11 Å². The molecule has 1 heterocycles. The number of aromatic nitrogens is 2. The Morgan fingerprint density at radius 2 is 2.18 bits per heavy atom. The van der Waals surface area contributed by atoms with E-state index in [1.165, 1.54) is 24.7 Å². The summed E-state index contributed by atoms with van der Waals surface area (Å²) < 4.78 is 13.1. The SMILES string of the molecule is Cc1cc(-c2ncncc2C(=O)O)ccc1F. The Labute approximate surface area is 96.8 Å². The first kappa shape index (κ1) is 11.2. The minimum Gasteiger partial charge on any atom is -0.478 e. The fraction of sp³-hybridized carbons (Fsp3) is 0.0833. The highest BCUT2D eigenvalue weighted by Gasteiger charge is 2.13. The number of nitrogens with zero attached hydrogens (tertiary/aromatic N) is 2. The lowest BCUT2D eigenvalue weighted by Crippen LogP contribution is -2.02. The second-order valence-electron chi connectivity index (χ2n) is 3.55. The number of benzene rings is 1. The van der Waals surface area contributed by atoms with Gasteiger partial charge in [0.2, 0.25) is 0 Å². The van der Waals surface area contributed by atoms with E-state index in [9.17, 15) is 9.18 Å². The van der Waals surface area contributed by atoms with E-state index in [2.05, 4.69) is 9.97 Å². The predicted octanol–water partition coefficient (Wildman–Crippen LogP) is 2.29. The third-order valence-corrected chi connectivity index (χ3v) is 2.37. The molecular formula is C12H9FN2O2. The second-order valence-corrected chi connectivity index (χ2v) is 3.55. The van der Waals surface area contributed by atoms with Crippen LogP contribution in [-0.4, -0.2) is 21.0 Å². The topological polar surface area (TPSA) is 63.1 Å². The number of rotatable bonds is 2. The minimum absolute atomic E-state index is 0.00138. The Kier molecular flexibility index (Phi) is 2.82. The smallest absolute Gasteiger partial charge is 0.339 e. The number of hydrogen-bond donors (Lipinski definition) is 1. The highest BCUT2D eigenvalue weighted by Crippen LogP contribution is 2.22. The van der Waals surface area contributed by atoms with Crippen molar-refractivity contribution in [3.8, 4) is 11.3 Å². The number of carbonyl (C=O) groups is 1. The van der Waals surface area contributed by atoms with E-state index in [1.807, 2.05) is 0 Å². The van der Waals surface area contributed by atoms with Crippen molar-refractivity contribution in [2.45, 2.75) is 6.92 Å². The molecule has 0 spiro atoms. The van der Waals surface area contributed by atoms with Crippen LogP contribution in [0.15, 0.2) is 30.7 Å². The summed E-state index contributed by atoms with van der Waals surface area (Å²) in [6, 6.07) is 4.35. The molecule has 1 aromatic heterocycles. The van der Waals surface area contributed by atoms with Gasteiger partial charge in [0, 0.05) is 11.8 Å². The molecule has 5 heteroatoms. The molecule has 17 heavy (non-hydrogen) atoms. The number of hydrogen-bond acceptors (Lipinski definition) is 3. The van der Waals surface area contributed by atoms with Crippen molar-refractivity contribution in [1.82, 2.24) is 9.97 Å². The van der Waals surface area contributed by atoms with Crippen LogP contribution in [0.3, 0.4) is 0 Å². The number of aryl methyl sites for hydroxylation is 1. The molecule has 1 aromatic carbocycles. The molecule has 0 bridgehead atoms. The lowest BCUT2D eigenvalue weighted by molar-refractivity contribution is 0.0697.